The summed E-state index contributed by atoms with van der Waals surface area (Å²) in [4.78, 5) is 13.2. The van der Waals surface area contributed by atoms with Crippen LogP contribution in [-0.4, -0.2) is 65.7 Å². The van der Waals surface area contributed by atoms with E-state index in [1.165, 1.54) is 11.2 Å². The summed E-state index contributed by atoms with van der Waals surface area (Å²) in [5.41, 5.74) is 0. The first-order valence-electron chi connectivity index (χ1n) is 7.25. The lowest BCUT2D eigenvalue weighted by Crippen LogP contribution is -2.51. The molecule has 7 nitrogen and oxygen atoms in total. The number of nitriles is 1. The van der Waals surface area contributed by atoms with Crippen molar-refractivity contribution in [2.24, 2.45) is 0 Å². The Labute approximate surface area is 125 Å². The summed E-state index contributed by atoms with van der Waals surface area (Å²) in [6.45, 7) is 2.88. The number of hydrogen-bond acceptors (Lipinski definition) is 5. The van der Waals surface area contributed by atoms with Gasteiger partial charge in [-0.1, -0.05) is 0 Å². The van der Waals surface area contributed by atoms with Crippen molar-refractivity contribution >= 4 is 16.0 Å². The molecule has 2 aliphatic heterocycles. The number of likely N-dealkylation sites (tertiary alicyclic amines) is 1. The molecule has 0 bridgehead atoms. The zero-order chi connectivity index (χ0) is 15.6. The van der Waals surface area contributed by atoms with Crippen LogP contribution in [0, 0.1) is 11.3 Å². The van der Waals surface area contributed by atoms with E-state index in [-0.39, 0.29) is 6.04 Å². The maximum atomic E-state index is 12.1. The molecule has 0 aromatic carbocycles. The highest BCUT2D eigenvalue weighted by atomic mass is 32.2. The van der Waals surface area contributed by atoms with E-state index in [1.807, 2.05) is 4.90 Å². The smallest absolute Gasteiger partial charge is 0.320 e. The lowest BCUT2D eigenvalue weighted by atomic mass is 10.0. The molecular formula is C13H21N3O4S. The number of carbonyl (C=O) groups is 1. The minimum Gasteiger partial charge on any atom is -0.480 e. The Bertz CT molecular complexity index is 534. The first kappa shape index (κ1) is 16.2. The molecule has 0 aromatic rings. The Morgan fingerprint density at radius 1 is 1.29 bits per heavy atom. The van der Waals surface area contributed by atoms with E-state index in [0.29, 0.717) is 32.4 Å². The highest BCUT2D eigenvalue weighted by Crippen LogP contribution is 2.27. The fourth-order valence-corrected chi connectivity index (χ4v) is 4.51. The third-order valence-electron chi connectivity index (χ3n) is 4.46. The molecule has 0 amide bonds. The second kappa shape index (κ2) is 6.30. The standard InChI is InChI=1S/C13H21N3O4S/c1-10(9-14)21(19,20)15-7-4-11(5-8-15)16-6-2-3-12(16)13(17)18/h10-12H,2-8H2,1H3,(H,17,18). The molecule has 0 radical (unpaired) electrons. The third kappa shape index (κ3) is 3.20. The fraction of sp³-hybridized carbons (Fsp3) is 0.846. The lowest BCUT2D eigenvalue weighted by Gasteiger charge is -2.38. The number of carboxylic acids is 1. The summed E-state index contributed by atoms with van der Waals surface area (Å²) in [5, 5.41) is 17.0. The molecule has 0 aromatic heterocycles. The van der Waals surface area contributed by atoms with Crippen LogP contribution in [0.4, 0.5) is 0 Å². The molecule has 21 heavy (non-hydrogen) atoms. The molecule has 2 fully saturated rings. The molecule has 2 saturated heterocycles. The first-order valence-corrected chi connectivity index (χ1v) is 8.75. The normalized spacial score (nSPS) is 27.3. The number of carboxylic acid groups (broad SMARTS) is 1. The van der Waals surface area contributed by atoms with Gasteiger partial charge in [0.05, 0.1) is 6.07 Å². The van der Waals surface area contributed by atoms with Gasteiger partial charge in [0.25, 0.3) is 0 Å². The third-order valence-corrected chi connectivity index (χ3v) is 6.54. The molecule has 0 saturated carbocycles. The molecular weight excluding hydrogens is 294 g/mol. The first-order chi connectivity index (χ1) is 9.87. The lowest BCUT2D eigenvalue weighted by molar-refractivity contribution is -0.143. The maximum absolute atomic E-state index is 12.1. The van der Waals surface area contributed by atoms with Crippen molar-refractivity contribution in [2.45, 2.75) is 49.9 Å². The number of hydrogen-bond donors (Lipinski definition) is 1. The monoisotopic (exact) mass is 315 g/mol. The van der Waals surface area contributed by atoms with Gasteiger partial charge in [-0.05, 0) is 39.2 Å². The fourth-order valence-electron chi connectivity index (χ4n) is 3.21. The quantitative estimate of drug-likeness (QED) is 0.797. The van der Waals surface area contributed by atoms with E-state index in [1.54, 1.807) is 6.07 Å². The average molecular weight is 315 g/mol. The molecule has 2 unspecified atom stereocenters. The Morgan fingerprint density at radius 3 is 2.43 bits per heavy atom. The van der Waals surface area contributed by atoms with Crippen LogP contribution in [0.15, 0.2) is 0 Å². The van der Waals surface area contributed by atoms with Gasteiger partial charge in [0.2, 0.25) is 10.0 Å². The second-order valence-electron chi connectivity index (χ2n) is 5.68. The Kier molecular flexibility index (Phi) is 4.86. The van der Waals surface area contributed by atoms with E-state index < -0.39 is 27.3 Å². The molecule has 2 atom stereocenters. The molecule has 2 rings (SSSR count). The number of nitrogens with zero attached hydrogens (tertiary/aromatic N) is 3. The largest absolute Gasteiger partial charge is 0.480 e. The van der Waals surface area contributed by atoms with Crippen LogP contribution in [0.25, 0.3) is 0 Å². The van der Waals surface area contributed by atoms with Crippen molar-refractivity contribution in [3.05, 3.63) is 0 Å². The zero-order valence-electron chi connectivity index (χ0n) is 12.1. The summed E-state index contributed by atoms with van der Waals surface area (Å²) in [6.07, 6.45) is 2.79. The van der Waals surface area contributed by atoms with Crippen LogP contribution in [0.1, 0.15) is 32.6 Å². The van der Waals surface area contributed by atoms with Crippen LogP contribution in [0.2, 0.25) is 0 Å². The van der Waals surface area contributed by atoms with E-state index in [9.17, 15) is 18.3 Å². The molecule has 118 valence electrons. The minimum absolute atomic E-state index is 0.123. The van der Waals surface area contributed by atoms with Gasteiger partial charge in [-0.2, -0.15) is 5.26 Å². The van der Waals surface area contributed by atoms with Crippen molar-refractivity contribution < 1.29 is 18.3 Å². The van der Waals surface area contributed by atoms with Gasteiger partial charge in [0, 0.05) is 19.1 Å². The van der Waals surface area contributed by atoms with Crippen molar-refractivity contribution in [1.29, 1.82) is 5.26 Å². The maximum Gasteiger partial charge on any atom is 0.320 e. The van der Waals surface area contributed by atoms with E-state index in [4.69, 9.17) is 5.26 Å². The number of aliphatic carboxylic acids is 1. The van der Waals surface area contributed by atoms with Crippen LogP contribution < -0.4 is 0 Å². The van der Waals surface area contributed by atoms with Gasteiger partial charge in [-0.15, -0.1) is 0 Å². The van der Waals surface area contributed by atoms with Gasteiger partial charge in [0.15, 0.2) is 5.25 Å². The van der Waals surface area contributed by atoms with Crippen LogP contribution >= 0.6 is 0 Å². The predicted octanol–water partition coefficient (Wildman–Crippen LogP) is 0.242. The van der Waals surface area contributed by atoms with Crippen LogP contribution in [-0.2, 0) is 14.8 Å². The second-order valence-corrected chi connectivity index (χ2v) is 7.93. The Hall–Kier alpha value is -1.17. The van der Waals surface area contributed by atoms with Gasteiger partial charge >= 0.3 is 5.97 Å². The Morgan fingerprint density at radius 2 is 1.90 bits per heavy atom. The highest BCUT2D eigenvalue weighted by molar-refractivity contribution is 7.89. The summed E-state index contributed by atoms with van der Waals surface area (Å²) < 4.78 is 25.6. The van der Waals surface area contributed by atoms with Gasteiger partial charge in [0.1, 0.15) is 6.04 Å². The number of piperidine rings is 1. The SMILES string of the molecule is CC(C#N)S(=O)(=O)N1CCC(N2CCCC2C(=O)O)CC1. The van der Waals surface area contributed by atoms with Crippen molar-refractivity contribution in [1.82, 2.24) is 9.21 Å². The predicted molar refractivity (Wildman–Crippen MR) is 76.0 cm³/mol. The minimum atomic E-state index is -3.55. The molecule has 0 spiro atoms. The zero-order valence-corrected chi connectivity index (χ0v) is 12.9. The molecule has 2 aliphatic rings. The molecule has 0 aliphatic carbocycles. The summed E-state index contributed by atoms with van der Waals surface area (Å²) >= 11 is 0. The number of sulfonamides is 1. The van der Waals surface area contributed by atoms with Crippen molar-refractivity contribution in [2.75, 3.05) is 19.6 Å². The van der Waals surface area contributed by atoms with E-state index in [0.717, 1.165) is 13.0 Å². The van der Waals surface area contributed by atoms with Gasteiger partial charge in [-0.25, -0.2) is 12.7 Å². The van der Waals surface area contributed by atoms with Crippen molar-refractivity contribution in [3.8, 4) is 6.07 Å². The number of rotatable bonds is 4. The molecule has 2 heterocycles. The van der Waals surface area contributed by atoms with Crippen molar-refractivity contribution in [3.63, 3.8) is 0 Å². The average Bonchev–Trinajstić information content (AvgIpc) is 2.96. The molecule has 1 N–H and O–H groups in total. The Balaban J connectivity index is 1.98. The van der Waals surface area contributed by atoms with Crippen LogP contribution in [0.3, 0.4) is 0 Å². The summed E-state index contributed by atoms with van der Waals surface area (Å²) in [6, 6.07) is 1.46. The summed E-state index contributed by atoms with van der Waals surface area (Å²) in [5.74, 6) is -0.791. The van der Waals surface area contributed by atoms with Gasteiger partial charge < -0.3 is 5.11 Å². The molecule has 8 heteroatoms. The van der Waals surface area contributed by atoms with Crippen LogP contribution in [0.5, 0.6) is 0 Å². The van der Waals surface area contributed by atoms with Gasteiger partial charge in [-0.3, -0.25) is 9.69 Å². The topological polar surface area (TPSA) is 102 Å². The van der Waals surface area contributed by atoms with E-state index in [2.05, 4.69) is 0 Å². The summed E-state index contributed by atoms with van der Waals surface area (Å²) in [7, 11) is -3.55. The van der Waals surface area contributed by atoms with E-state index >= 15 is 0 Å². The highest BCUT2D eigenvalue weighted by Gasteiger charge is 2.39.